The van der Waals surface area contributed by atoms with Gasteiger partial charge in [-0.3, -0.25) is 4.79 Å². The maximum Gasteiger partial charge on any atom is 0.255 e. The Labute approximate surface area is 163 Å². The van der Waals surface area contributed by atoms with E-state index in [2.05, 4.69) is 0 Å². The van der Waals surface area contributed by atoms with Crippen molar-refractivity contribution in [3.05, 3.63) is 66.1 Å². The Bertz CT molecular complexity index is 989. The lowest BCUT2D eigenvalue weighted by Gasteiger charge is -2.35. The van der Waals surface area contributed by atoms with E-state index in [1.165, 1.54) is 12.1 Å². The number of halogens is 1. The summed E-state index contributed by atoms with van der Waals surface area (Å²) in [6, 6.07) is 14.2. The van der Waals surface area contributed by atoms with Gasteiger partial charge < -0.3 is 18.9 Å². The quantitative estimate of drug-likeness (QED) is 0.686. The predicted octanol–water partition coefficient (Wildman–Crippen LogP) is 4.10. The van der Waals surface area contributed by atoms with E-state index in [1.54, 1.807) is 12.1 Å². The minimum Gasteiger partial charge on any atom is -0.372 e. The van der Waals surface area contributed by atoms with Crippen molar-refractivity contribution in [2.45, 2.75) is 26.1 Å². The highest BCUT2D eigenvalue weighted by Gasteiger charge is 2.27. The topological polar surface area (TPSA) is 37.2 Å². The zero-order valence-electron chi connectivity index (χ0n) is 16.3. The van der Waals surface area contributed by atoms with Gasteiger partial charge in [0.2, 0.25) is 0 Å². The van der Waals surface area contributed by atoms with E-state index in [4.69, 9.17) is 4.74 Å². The number of hydrogen-bond donors (Lipinski definition) is 0. The Morgan fingerprint density at radius 1 is 1.04 bits per heavy atom. The number of morpholine rings is 1. The predicted molar refractivity (Wildman–Crippen MR) is 108 cm³/mol. The van der Waals surface area contributed by atoms with Crippen molar-refractivity contribution in [1.82, 2.24) is 9.30 Å². The van der Waals surface area contributed by atoms with Gasteiger partial charge in [0.05, 0.1) is 17.8 Å². The maximum atomic E-state index is 13.2. The number of amides is 1. The van der Waals surface area contributed by atoms with Gasteiger partial charge in [-0.05, 0) is 62.4 Å². The summed E-state index contributed by atoms with van der Waals surface area (Å²) in [6.07, 6.45) is 1.93. The Morgan fingerprint density at radius 2 is 1.68 bits per heavy atom. The number of carbonyl (C=O) groups is 1. The van der Waals surface area contributed by atoms with E-state index >= 15 is 0 Å². The molecule has 4 rings (SSSR count). The molecule has 1 saturated heterocycles. The second-order valence-electron chi connectivity index (χ2n) is 7.41. The Hall–Kier alpha value is -2.86. The lowest BCUT2D eigenvalue weighted by atomic mass is 10.2. The van der Waals surface area contributed by atoms with Crippen molar-refractivity contribution in [2.75, 3.05) is 25.0 Å². The summed E-state index contributed by atoms with van der Waals surface area (Å²) in [4.78, 5) is 16.9. The number of pyridine rings is 1. The molecular formula is C22H24FN3O2. The van der Waals surface area contributed by atoms with Crippen molar-refractivity contribution in [2.24, 2.45) is 0 Å². The number of nitrogens with zero attached hydrogens (tertiary/aromatic N) is 3. The molecule has 1 fully saturated rings. The van der Waals surface area contributed by atoms with E-state index in [0.717, 1.165) is 17.0 Å². The summed E-state index contributed by atoms with van der Waals surface area (Å²) in [5, 5.41) is 0. The van der Waals surface area contributed by atoms with Crippen molar-refractivity contribution in [3.8, 4) is 0 Å². The van der Waals surface area contributed by atoms with Crippen molar-refractivity contribution in [3.63, 3.8) is 0 Å². The van der Waals surface area contributed by atoms with Crippen LogP contribution in [-0.4, -0.2) is 47.6 Å². The van der Waals surface area contributed by atoms with Crippen LogP contribution in [-0.2, 0) is 4.74 Å². The van der Waals surface area contributed by atoms with E-state index in [9.17, 15) is 9.18 Å². The Kier molecular flexibility index (Phi) is 4.81. The van der Waals surface area contributed by atoms with Crippen LogP contribution >= 0.6 is 0 Å². The number of carbonyl (C=O) groups excluding carboxylic acids is 1. The van der Waals surface area contributed by atoms with Crippen molar-refractivity contribution >= 4 is 22.9 Å². The molecule has 2 unspecified atom stereocenters. The fourth-order valence-electron chi connectivity index (χ4n) is 3.81. The molecule has 1 aliphatic rings. The Balaban J connectivity index is 1.66. The van der Waals surface area contributed by atoms with Crippen LogP contribution in [0.2, 0.25) is 0 Å². The van der Waals surface area contributed by atoms with Gasteiger partial charge in [0.1, 0.15) is 11.6 Å². The van der Waals surface area contributed by atoms with E-state index in [0.29, 0.717) is 18.7 Å². The molecule has 0 bridgehead atoms. The molecule has 3 heterocycles. The first kappa shape index (κ1) is 18.5. The number of hydrogen-bond acceptors (Lipinski definition) is 3. The van der Waals surface area contributed by atoms with Gasteiger partial charge >= 0.3 is 0 Å². The first-order valence-corrected chi connectivity index (χ1v) is 9.47. The molecular weight excluding hydrogens is 357 g/mol. The minimum atomic E-state index is -0.265. The van der Waals surface area contributed by atoms with E-state index < -0.39 is 0 Å². The monoisotopic (exact) mass is 381 g/mol. The van der Waals surface area contributed by atoms with Gasteiger partial charge in [0.15, 0.2) is 0 Å². The van der Waals surface area contributed by atoms with E-state index in [-0.39, 0.29) is 23.9 Å². The smallest absolute Gasteiger partial charge is 0.255 e. The fourth-order valence-corrected chi connectivity index (χ4v) is 3.81. The lowest BCUT2D eigenvalue weighted by molar-refractivity contribution is -0.0586. The van der Waals surface area contributed by atoms with Crippen LogP contribution in [0.4, 0.5) is 15.9 Å². The normalized spacial score (nSPS) is 19.8. The van der Waals surface area contributed by atoms with Crippen molar-refractivity contribution < 1.29 is 13.9 Å². The minimum absolute atomic E-state index is 0.00739. The molecule has 1 aromatic carbocycles. The molecule has 0 saturated carbocycles. The van der Waals surface area contributed by atoms with Gasteiger partial charge in [-0.1, -0.05) is 0 Å². The summed E-state index contributed by atoms with van der Waals surface area (Å²) >= 11 is 0. The van der Waals surface area contributed by atoms with Crippen LogP contribution in [0.1, 0.15) is 24.2 Å². The SMILES string of the molecule is CC1CN(C(=O)c2ccc3ccc(N(C)c4ccc(F)cc4)n3c2)CC(C)O1. The number of ether oxygens (including phenoxy) is 1. The van der Waals surface area contributed by atoms with Crippen LogP contribution in [0.3, 0.4) is 0 Å². The molecule has 1 aliphatic heterocycles. The molecule has 2 atom stereocenters. The molecule has 6 heteroatoms. The van der Waals surface area contributed by atoms with Crippen molar-refractivity contribution in [1.29, 1.82) is 0 Å². The van der Waals surface area contributed by atoms with E-state index in [1.807, 2.05) is 65.6 Å². The average Bonchev–Trinajstić information content (AvgIpc) is 3.10. The standard InChI is InChI=1S/C22H24FN3O2/c1-15-12-25(13-16(2)28-15)22(27)17-4-7-20-10-11-21(26(20)14-17)24(3)19-8-5-18(23)6-9-19/h4-11,14-16H,12-13H2,1-3H3. The number of benzene rings is 1. The highest BCUT2D eigenvalue weighted by Crippen LogP contribution is 2.27. The second kappa shape index (κ2) is 7.28. The van der Waals surface area contributed by atoms with Crippen LogP contribution < -0.4 is 4.90 Å². The third-order valence-corrected chi connectivity index (χ3v) is 5.14. The molecule has 3 aromatic rings. The fraction of sp³-hybridized carbons (Fsp3) is 0.318. The summed E-state index contributed by atoms with van der Waals surface area (Å²) in [7, 11) is 1.93. The summed E-state index contributed by atoms with van der Waals surface area (Å²) in [6.45, 7) is 5.16. The number of rotatable bonds is 3. The highest BCUT2D eigenvalue weighted by atomic mass is 19.1. The zero-order chi connectivity index (χ0) is 19.8. The van der Waals surface area contributed by atoms with Crippen LogP contribution in [0.25, 0.3) is 5.52 Å². The van der Waals surface area contributed by atoms with Crippen LogP contribution in [0.15, 0.2) is 54.7 Å². The lowest BCUT2D eigenvalue weighted by Crippen LogP contribution is -2.48. The zero-order valence-corrected chi connectivity index (χ0v) is 16.3. The molecule has 0 spiro atoms. The van der Waals surface area contributed by atoms with Gasteiger partial charge in [-0.2, -0.15) is 0 Å². The maximum absolute atomic E-state index is 13.2. The van der Waals surface area contributed by atoms with Gasteiger partial charge in [-0.15, -0.1) is 0 Å². The summed E-state index contributed by atoms with van der Waals surface area (Å²) < 4.78 is 21.0. The third-order valence-electron chi connectivity index (χ3n) is 5.14. The first-order valence-electron chi connectivity index (χ1n) is 9.47. The second-order valence-corrected chi connectivity index (χ2v) is 7.41. The number of anilines is 2. The molecule has 28 heavy (non-hydrogen) atoms. The molecule has 5 nitrogen and oxygen atoms in total. The first-order chi connectivity index (χ1) is 13.4. The summed E-state index contributed by atoms with van der Waals surface area (Å²) in [5.74, 6) is 0.645. The van der Waals surface area contributed by atoms with Gasteiger partial charge in [0.25, 0.3) is 5.91 Å². The third kappa shape index (κ3) is 3.47. The largest absolute Gasteiger partial charge is 0.372 e. The molecule has 146 valence electrons. The molecule has 0 radical (unpaired) electrons. The molecule has 0 N–H and O–H groups in total. The Morgan fingerprint density at radius 3 is 2.36 bits per heavy atom. The summed E-state index contributed by atoms with van der Waals surface area (Å²) in [5.41, 5.74) is 2.50. The van der Waals surface area contributed by atoms with Gasteiger partial charge in [-0.25, -0.2) is 4.39 Å². The van der Waals surface area contributed by atoms with Gasteiger partial charge in [0, 0.05) is 37.5 Å². The molecule has 1 amide bonds. The highest BCUT2D eigenvalue weighted by molar-refractivity contribution is 5.94. The average molecular weight is 381 g/mol. The molecule has 0 aliphatic carbocycles. The van der Waals surface area contributed by atoms with Crippen LogP contribution in [0.5, 0.6) is 0 Å². The van der Waals surface area contributed by atoms with Crippen LogP contribution in [0, 0.1) is 5.82 Å². The number of aromatic nitrogens is 1. The molecule has 2 aromatic heterocycles. The number of fused-ring (bicyclic) bond motifs is 1.